The first-order chi connectivity index (χ1) is 30.8. The molecule has 2 saturated carbocycles. The molecule has 0 amide bonds. The van der Waals surface area contributed by atoms with Gasteiger partial charge in [-0.3, -0.25) is 14.5 Å². The van der Waals surface area contributed by atoms with Crippen LogP contribution in [0.3, 0.4) is 0 Å². The van der Waals surface area contributed by atoms with Crippen LogP contribution in [0.25, 0.3) is 0 Å². The van der Waals surface area contributed by atoms with E-state index in [1.807, 2.05) is 0 Å². The largest absolute Gasteiger partial charge is 0.465 e. The molecule has 0 radical (unpaired) electrons. The van der Waals surface area contributed by atoms with Gasteiger partial charge in [-0.2, -0.15) is 0 Å². The molecule has 0 aromatic rings. The molecule has 63 heavy (non-hydrogen) atoms. The van der Waals surface area contributed by atoms with Crippen molar-refractivity contribution in [2.45, 2.75) is 303 Å². The van der Waals surface area contributed by atoms with E-state index in [2.05, 4.69) is 38.7 Å². The number of carbonyl (C=O) groups excluding carboxylic acids is 2. The highest BCUT2D eigenvalue weighted by Crippen LogP contribution is 2.35. The fourth-order valence-electron chi connectivity index (χ4n) is 10.4. The molecule has 0 saturated heterocycles. The van der Waals surface area contributed by atoms with Crippen LogP contribution in [0.5, 0.6) is 0 Å². The van der Waals surface area contributed by atoms with E-state index in [9.17, 15) is 14.7 Å². The summed E-state index contributed by atoms with van der Waals surface area (Å²) in [4.78, 5) is 28.0. The van der Waals surface area contributed by atoms with Gasteiger partial charge in [-0.05, 0) is 115 Å². The first-order valence-corrected chi connectivity index (χ1v) is 28.3. The Hall–Kier alpha value is -1.40. The lowest BCUT2D eigenvalue weighted by atomic mass is 9.81. The number of hydrogen-bond acceptors (Lipinski definition) is 6. The first kappa shape index (κ1) is 57.7. The van der Waals surface area contributed by atoms with Gasteiger partial charge in [0.05, 0.1) is 18.8 Å². The average Bonchev–Trinajstić information content (AvgIpc) is 3.83. The number of nitrogens with zero attached hydrogens (tertiary/aromatic N) is 1. The van der Waals surface area contributed by atoms with Crippen molar-refractivity contribution in [2.75, 3.05) is 26.3 Å². The Balaban J connectivity index is 1.65. The standard InChI is InChI=1S/C57H107NO5/c1-5-9-13-17-19-27-37-52(35-24-15-11-7-3)48-62-55(59)41-29-22-21-26-34-51-43-45-57(61,46-44-51)50-58(54-39-31-32-40-54)47-33-23-30-42-56(60)63-49-53(36-25-16-12-8-4)38-28-20-18-14-10-6-2/h34,52-54,61H,5-33,35-50H2,1-4H3. The van der Waals surface area contributed by atoms with Gasteiger partial charge in [-0.15, -0.1) is 0 Å². The molecule has 0 bridgehead atoms. The van der Waals surface area contributed by atoms with Crippen LogP contribution in [0, 0.1) is 11.8 Å². The molecule has 1 N–H and O–H groups in total. The van der Waals surface area contributed by atoms with Crippen LogP contribution in [0.1, 0.15) is 291 Å². The maximum absolute atomic E-state index is 12.8. The minimum absolute atomic E-state index is 0.00118. The summed E-state index contributed by atoms with van der Waals surface area (Å²) in [6.45, 7) is 12.1. The van der Waals surface area contributed by atoms with Crippen molar-refractivity contribution in [3.8, 4) is 0 Å². The maximum Gasteiger partial charge on any atom is 0.305 e. The SMILES string of the molecule is CCCCCCCCC(CCCCCC)COC(=O)CCCCCC=C1CCC(O)(CN(CCCCCC(=O)OCC(CCCCCC)CCCCCCCC)C2CCCC2)CC1. The van der Waals surface area contributed by atoms with Crippen molar-refractivity contribution >= 4 is 11.9 Å². The minimum atomic E-state index is -0.601. The summed E-state index contributed by atoms with van der Waals surface area (Å²) in [5, 5.41) is 11.8. The van der Waals surface area contributed by atoms with E-state index >= 15 is 0 Å². The van der Waals surface area contributed by atoms with Gasteiger partial charge in [-0.25, -0.2) is 0 Å². The van der Waals surface area contributed by atoms with E-state index < -0.39 is 5.60 Å². The molecule has 0 spiro atoms. The Morgan fingerprint density at radius 3 is 1.43 bits per heavy atom. The fourth-order valence-corrected chi connectivity index (χ4v) is 10.4. The highest BCUT2D eigenvalue weighted by atomic mass is 16.5. The zero-order chi connectivity index (χ0) is 45.5. The summed E-state index contributed by atoms with van der Waals surface area (Å²) in [5.41, 5.74) is 0.912. The monoisotopic (exact) mass is 886 g/mol. The molecular weight excluding hydrogens is 779 g/mol. The Labute approximate surface area is 392 Å². The molecule has 0 aromatic heterocycles. The first-order valence-electron chi connectivity index (χ1n) is 28.3. The van der Waals surface area contributed by atoms with Gasteiger partial charge in [0.2, 0.25) is 0 Å². The Bertz CT molecular complexity index is 1090. The molecule has 0 aromatic carbocycles. The molecule has 2 aliphatic rings. The highest BCUT2D eigenvalue weighted by molar-refractivity contribution is 5.69. The van der Waals surface area contributed by atoms with Crippen molar-refractivity contribution in [3.63, 3.8) is 0 Å². The molecule has 2 atom stereocenters. The predicted molar refractivity (Wildman–Crippen MR) is 269 cm³/mol. The third-order valence-electron chi connectivity index (χ3n) is 14.8. The van der Waals surface area contributed by atoms with E-state index in [1.54, 1.807) is 0 Å². The number of unbranched alkanes of at least 4 members (excludes halogenated alkanes) is 21. The van der Waals surface area contributed by atoms with Crippen molar-refractivity contribution in [1.82, 2.24) is 4.90 Å². The fraction of sp³-hybridized carbons (Fsp3) is 0.930. The lowest BCUT2D eigenvalue weighted by Crippen LogP contribution is -2.48. The van der Waals surface area contributed by atoms with E-state index in [0.717, 1.165) is 83.7 Å². The van der Waals surface area contributed by atoms with Gasteiger partial charge in [0.25, 0.3) is 0 Å². The number of esters is 2. The van der Waals surface area contributed by atoms with Crippen LogP contribution in [-0.2, 0) is 19.1 Å². The predicted octanol–water partition coefficient (Wildman–Crippen LogP) is 16.7. The van der Waals surface area contributed by atoms with Crippen LogP contribution in [-0.4, -0.2) is 59.9 Å². The van der Waals surface area contributed by atoms with Crippen LogP contribution < -0.4 is 0 Å². The second-order valence-corrected chi connectivity index (χ2v) is 20.8. The van der Waals surface area contributed by atoms with Gasteiger partial charge >= 0.3 is 11.9 Å². The third kappa shape index (κ3) is 31.3. The number of allylic oxidation sites excluding steroid dienone is 2. The summed E-state index contributed by atoms with van der Waals surface area (Å²) in [7, 11) is 0. The van der Waals surface area contributed by atoms with Crippen LogP contribution in [0.4, 0.5) is 0 Å². The number of carbonyl (C=O) groups is 2. The topological polar surface area (TPSA) is 76.1 Å². The molecule has 2 rings (SSSR count). The molecule has 6 heteroatoms. The summed E-state index contributed by atoms with van der Waals surface area (Å²) in [5.74, 6) is 1.05. The third-order valence-corrected chi connectivity index (χ3v) is 14.8. The normalized spacial score (nSPS) is 18.0. The quantitative estimate of drug-likeness (QED) is 0.0373. The Morgan fingerprint density at radius 1 is 0.571 bits per heavy atom. The van der Waals surface area contributed by atoms with Crippen molar-refractivity contribution in [1.29, 1.82) is 0 Å². The van der Waals surface area contributed by atoms with Gasteiger partial charge in [-0.1, -0.05) is 193 Å². The second-order valence-electron chi connectivity index (χ2n) is 20.8. The number of ether oxygens (including phenoxy) is 2. The number of hydrogen-bond donors (Lipinski definition) is 1. The smallest absolute Gasteiger partial charge is 0.305 e. The lowest BCUT2D eigenvalue weighted by molar-refractivity contribution is -0.146. The Morgan fingerprint density at radius 2 is 0.968 bits per heavy atom. The van der Waals surface area contributed by atoms with Gasteiger partial charge in [0, 0.05) is 25.4 Å². The molecule has 0 heterocycles. The van der Waals surface area contributed by atoms with E-state index in [1.165, 1.54) is 185 Å². The number of aliphatic hydroxyl groups is 1. The zero-order valence-electron chi connectivity index (χ0n) is 42.7. The summed E-state index contributed by atoms with van der Waals surface area (Å²) < 4.78 is 11.7. The molecule has 6 nitrogen and oxygen atoms in total. The summed E-state index contributed by atoms with van der Waals surface area (Å²) in [6.07, 6.45) is 50.5. The molecule has 2 fully saturated rings. The van der Waals surface area contributed by atoms with Crippen LogP contribution in [0.15, 0.2) is 11.6 Å². The minimum Gasteiger partial charge on any atom is -0.465 e. The highest BCUT2D eigenvalue weighted by Gasteiger charge is 2.35. The van der Waals surface area contributed by atoms with E-state index in [-0.39, 0.29) is 11.9 Å². The van der Waals surface area contributed by atoms with Gasteiger partial charge in [0.1, 0.15) is 0 Å². The van der Waals surface area contributed by atoms with E-state index in [4.69, 9.17) is 9.47 Å². The number of rotatable bonds is 43. The molecular formula is C57H107NO5. The van der Waals surface area contributed by atoms with Crippen molar-refractivity contribution in [3.05, 3.63) is 11.6 Å². The molecule has 0 aliphatic heterocycles. The van der Waals surface area contributed by atoms with Crippen LogP contribution >= 0.6 is 0 Å². The molecule has 2 aliphatic carbocycles. The van der Waals surface area contributed by atoms with Crippen molar-refractivity contribution < 1.29 is 24.2 Å². The summed E-state index contributed by atoms with van der Waals surface area (Å²) in [6, 6.07) is 0.594. The second kappa shape index (κ2) is 39.7. The zero-order valence-corrected chi connectivity index (χ0v) is 42.7. The van der Waals surface area contributed by atoms with Gasteiger partial charge in [0.15, 0.2) is 0 Å². The molecule has 2 unspecified atom stereocenters. The Kier molecular flexibility index (Phi) is 36.4. The van der Waals surface area contributed by atoms with Crippen LogP contribution in [0.2, 0.25) is 0 Å². The van der Waals surface area contributed by atoms with Crippen molar-refractivity contribution in [2.24, 2.45) is 11.8 Å². The maximum atomic E-state index is 12.8. The van der Waals surface area contributed by atoms with Gasteiger partial charge < -0.3 is 14.6 Å². The summed E-state index contributed by atoms with van der Waals surface area (Å²) >= 11 is 0. The average molecular weight is 886 g/mol. The molecule has 370 valence electrons. The lowest BCUT2D eigenvalue weighted by Gasteiger charge is -2.40. The van der Waals surface area contributed by atoms with E-state index in [0.29, 0.717) is 43.9 Å².